The Morgan fingerprint density at radius 3 is 2.64 bits per heavy atom. The van der Waals surface area contributed by atoms with E-state index >= 15 is 0 Å². The van der Waals surface area contributed by atoms with Crippen molar-refractivity contribution in [3.05, 3.63) is 66.0 Å². The first-order valence-electron chi connectivity index (χ1n) is 13.1. The van der Waals surface area contributed by atoms with Gasteiger partial charge in [-0.3, -0.25) is 9.59 Å². The first-order valence-corrected chi connectivity index (χ1v) is 13.1. The van der Waals surface area contributed by atoms with E-state index in [9.17, 15) is 9.59 Å². The second-order valence-corrected chi connectivity index (χ2v) is 11.0. The Kier molecular flexibility index (Phi) is 7.07. The van der Waals surface area contributed by atoms with Gasteiger partial charge in [-0.15, -0.1) is 6.58 Å². The summed E-state index contributed by atoms with van der Waals surface area (Å²) < 4.78 is 18.3. The number of carbonyl (C=O) groups is 2. The predicted molar refractivity (Wildman–Crippen MR) is 137 cm³/mol. The van der Waals surface area contributed by atoms with Crippen LogP contribution in [0.25, 0.3) is 0 Å². The molecule has 3 aliphatic carbocycles. The molecule has 0 unspecified atom stereocenters. The average molecular weight is 492 g/mol. The van der Waals surface area contributed by atoms with Gasteiger partial charge in [-0.05, 0) is 54.2 Å². The molecule has 0 aromatic heterocycles. The van der Waals surface area contributed by atoms with Crippen molar-refractivity contribution in [2.24, 2.45) is 47.2 Å². The summed E-state index contributed by atoms with van der Waals surface area (Å²) in [6.45, 7) is 6.42. The molecule has 1 aromatic carbocycles. The van der Waals surface area contributed by atoms with Crippen molar-refractivity contribution >= 4 is 11.7 Å². The molecule has 192 valence electrons. The van der Waals surface area contributed by atoms with E-state index in [0.717, 1.165) is 24.2 Å². The largest absolute Gasteiger partial charge is 0.490 e. The van der Waals surface area contributed by atoms with Crippen LogP contribution in [0.15, 0.2) is 60.4 Å². The fraction of sp³-hybridized carbons (Fsp3) is 0.533. The van der Waals surface area contributed by atoms with E-state index in [4.69, 9.17) is 19.9 Å². The van der Waals surface area contributed by atoms with Crippen LogP contribution in [-0.2, 0) is 25.5 Å². The number of amides is 1. The van der Waals surface area contributed by atoms with Gasteiger partial charge in [-0.1, -0.05) is 43.7 Å². The van der Waals surface area contributed by atoms with E-state index in [0.29, 0.717) is 23.5 Å². The maximum absolute atomic E-state index is 13.1. The number of hydrogen-bond acceptors (Lipinski definition) is 5. The number of ketones is 1. The molecule has 6 rings (SSSR count). The number of carbonyl (C=O) groups excluding carboxylic acids is 2. The van der Waals surface area contributed by atoms with E-state index < -0.39 is 5.91 Å². The molecule has 2 heterocycles. The van der Waals surface area contributed by atoms with E-state index in [2.05, 4.69) is 25.7 Å². The molecule has 2 aliphatic heterocycles. The van der Waals surface area contributed by atoms with Crippen LogP contribution in [0.4, 0.5) is 0 Å². The molecule has 0 radical (unpaired) electrons. The molecule has 2 fully saturated rings. The highest BCUT2D eigenvalue weighted by Gasteiger charge is 2.58. The highest BCUT2D eigenvalue weighted by molar-refractivity contribution is 5.99. The Bertz CT molecular complexity index is 1070. The number of rotatable bonds is 5. The normalized spacial score (nSPS) is 37.6. The SMILES string of the molecule is C=C[C@H]1C=C[C@H]2[C@@H]3C[C@H](C)CC[C@H]3[C@@H]3Oc4ccc(cc4)CC(=O)C/C(C(N)=O)=C(\OCOC)[C@@H]1[C@H]23. The molecule has 0 saturated heterocycles. The van der Waals surface area contributed by atoms with Crippen molar-refractivity contribution in [3.8, 4) is 5.75 Å². The number of ether oxygens (including phenoxy) is 3. The second kappa shape index (κ2) is 10.3. The molecule has 6 nitrogen and oxygen atoms in total. The van der Waals surface area contributed by atoms with Crippen LogP contribution >= 0.6 is 0 Å². The summed E-state index contributed by atoms with van der Waals surface area (Å²) in [7, 11) is 1.55. The predicted octanol–water partition coefficient (Wildman–Crippen LogP) is 4.60. The van der Waals surface area contributed by atoms with Gasteiger partial charge in [0, 0.05) is 37.7 Å². The molecule has 2 N–H and O–H groups in total. The smallest absolute Gasteiger partial charge is 0.248 e. The lowest BCUT2D eigenvalue weighted by Gasteiger charge is -2.40. The standard InChI is InChI=1S/C30H37NO5/c1-4-19-8-12-22-24-13-17(2)5-11-23(24)29-27(22)26(19)28(35-16-34-3)25(30(31)33)15-20(32)14-18-6-9-21(36-29)10-7-18/h4,6-10,12,17,19,22-24,26-27,29H,1,5,11,13-16H2,2-3H3,(H2,31,33)/b28-25+/t17-,19+,22+,23-,24+,26+,27+,29+/m1/s1. The van der Waals surface area contributed by atoms with Gasteiger partial charge in [0.15, 0.2) is 6.79 Å². The Morgan fingerprint density at radius 1 is 1.17 bits per heavy atom. The van der Waals surface area contributed by atoms with Gasteiger partial charge in [0.1, 0.15) is 23.4 Å². The number of hydrogen-bond donors (Lipinski definition) is 1. The first-order chi connectivity index (χ1) is 17.4. The Hall–Kier alpha value is -2.86. The maximum Gasteiger partial charge on any atom is 0.248 e. The van der Waals surface area contributed by atoms with Gasteiger partial charge < -0.3 is 19.9 Å². The lowest BCUT2D eigenvalue weighted by Crippen LogP contribution is -2.41. The highest BCUT2D eigenvalue weighted by Crippen LogP contribution is 2.58. The van der Waals surface area contributed by atoms with Crippen molar-refractivity contribution in [3.63, 3.8) is 0 Å². The topological polar surface area (TPSA) is 87.9 Å². The summed E-state index contributed by atoms with van der Waals surface area (Å²) in [6, 6.07) is 7.83. The zero-order valence-electron chi connectivity index (χ0n) is 21.2. The number of fused-ring (bicyclic) bond motifs is 7. The van der Waals surface area contributed by atoms with Crippen LogP contribution < -0.4 is 10.5 Å². The van der Waals surface area contributed by atoms with E-state index in [1.54, 1.807) is 7.11 Å². The van der Waals surface area contributed by atoms with Gasteiger partial charge in [0.25, 0.3) is 0 Å². The van der Waals surface area contributed by atoms with Gasteiger partial charge in [0.05, 0.1) is 5.57 Å². The fourth-order valence-corrected chi connectivity index (χ4v) is 7.31. The number of Topliss-reactive ketones (excluding diaryl/α,β-unsaturated/α-hetero) is 1. The highest BCUT2D eigenvalue weighted by atomic mass is 16.7. The number of methoxy groups -OCH3 is 1. The number of benzene rings is 1. The van der Waals surface area contributed by atoms with Crippen molar-refractivity contribution in [2.45, 2.75) is 45.1 Å². The van der Waals surface area contributed by atoms with Crippen LogP contribution in [-0.4, -0.2) is 31.7 Å². The lowest BCUT2D eigenvalue weighted by atomic mass is 9.67. The van der Waals surface area contributed by atoms with Gasteiger partial charge in [-0.2, -0.15) is 0 Å². The first kappa shape index (κ1) is 24.8. The zero-order valence-corrected chi connectivity index (χ0v) is 21.2. The third kappa shape index (κ3) is 4.52. The van der Waals surface area contributed by atoms with Crippen molar-refractivity contribution in [1.82, 2.24) is 0 Å². The maximum atomic E-state index is 13.1. The van der Waals surface area contributed by atoms with Gasteiger partial charge in [0.2, 0.25) is 5.91 Å². The summed E-state index contributed by atoms with van der Waals surface area (Å²) in [4.78, 5) is 25.9. The fourth-order valence-electron chi connectivity index (χ4n) is 7.31. The summed E-state index contributed by atoms with van der Waals surface area (Å²) in [5.74, 6) is 2.13. The molecule has 1 aromatic rings. The quantitative estimate of drug-likeness (QED) is 0.481. The van der Waals surface area contributed by atoms with E-state index in [-0.39, 0.29) is 60.8 Å². The summed E-state index contributed by atoms with van der Waals surface area (Å²) in [6.07, 6.45) is 9.97. The summed E-state index contributed by atoms with van der Waals surface area (Å²) >= 11 is 0. The molecule has 2 saturated carbocycles. The molecule has 36 heavy (non-hydrogen) atoms. The minimum Gasteiger partial charge on any atom is -0.490 e. The molecule has 8 atom stereocenters. The van der Waals surface area contributed by atoms with Crippen molar-refractivity contribution < 1.29 is 23.8 Å². The Morgan fingerprint density at radius 2 is 1.94 bits per heavy atom. The van der Waals surface area contributed by atoms with E-state index in [1.165, 1.54) is 6.42 Å². The lowest BCUT2D eigenvalue weighted by molar-refractivity contribution is -0.121. The van der Waals surface area contributed by atoms with Crippen LogP contribution in [0.5, 0.6) is 5.75 Å². The minimum absolute atomic E-state index is 0.0327. The minimum atomic E-state index is -0.630. The van der Waals surface area contributed by atoms with E-state index in [1.807, 2.05) is 30.3 Å². The molecule has 1 amide bonds. The molecule has 5 aliphatic rings. The third-order valence-electron chi connectivity index (χ3n) is 8.82. The Labute approximate surface area is 213 Å². The van der Waals surface area contributed by atoms with Crippen molar-refractivity contribution in [2.75, 3.05) is 13.9 Å². The number of primary amides is 1. The van der Waals surface area contributed by atoms with Crippen molar-refractivity contribution in [1.29, 1.82) is 0 Å². The number of nitrogens with two attached hydrogens (primary N) is 1. The summed E-state index contributed by atoms with van der Waals surface area (Å²) in [5.41, 5.74) is 7.04. The van der Waals surface area contributed by atoms with Crippen LogP contribution in [0.2, 0.25) is 0 Å². The van der Waals surface area contributed by atoms with Gasteiger partial charge in [-0.25, -0.2) is 0 Å². The summed E-state index contributed by atoms with van der Waals surface area (Å²) in [5, 5.41) is 0. The molecule has 6 heteroatoms. The zero-order chi connectivity index (χ0) is 25.4. The molecule has 0 spiro atoms. The monoisotopic (exact) mass is 491 g/mol. The second-order valence-electron chi connectivity index (χ2n) is 11.0. The van der Waals surface area contributed by atoms with Crippen LogP contribution in [0.3, 0.4) is 0 Å². The third-order valence-corrected chi connectivity index (χ3v) is 8.82. The molecular weight excluding hydrogens is 454 g/mol. The molecular formula is C30H37NO5. The Balaban J connectivity index is 1.71. The van der Waals surface area contributed by atoms with Gasteiger partial charge >= 0.3 is 0 Å². The number of allylic oxidation sites excluding steroid dienone is 4. The molecule has 2 bridgehead atoms. The van der Waals surface area contributed by atoms with Crippen LogP contribution in [0, 0.1) is 41.4 Å². The van der Waals surface area contributed by atoms with Crippen LogP contribution in [0.1, 0.15) is 38.2 Å². The average Bonchev–Trinajstić information content (AvgIpc) is 3.17.